The minimum Gasteiger partial charge on any atom is -0.380 e. The molecule has 0 spiro atoms. The maximum Gasteiger partial charge on any atom is 0.161 e. The van der Waals surface area contributed by atoms with Crippen LogP contribution in [0.4, 0.5) is 18.9 Å². The Hall–Kier alpha value is -1.23. The van der Waals surface area contributed by atoms with E-state index in [4.69, 9.17) is 4.74 Å². The molecule has 0 saturated carbocycles. The molecule has 0 saturated heterocycles. The second-order valence-electron chi connectivity index (χ2n) is 3.45. The maximum absolute atomic E-state index is 13.2. The summed E-state index contributed by atoms with van der Waals surface area (Å²) in [5.41, 5.74) is -0.0638. The van der Waals surface area contributed by atoms with Crippen molar-refractivity contribution in [3.63, 3.8) is 0 Å². The molecule has 16 heavy (non-hydrogen) atoms. The highest BCUT2D eigenvalue weighted by Gasteiger charge is 2.11. The van der Waals surface area contributed by atoms with E-state index in [1.165, 1.54) is 0 Å². The zero-order valence-electron chi connectivity index (χ0n) is 9.19. The third kappa shape index (κ3) is 3.41. The van der Waals surface area contributed by atoms with Crippen molar-refractivity contribution in [3.8, 4) is 0 Å². The quantitative estimate of drug-likeness (QED) is 0.789. The first-order valence-electron chi connectivity index (χ1n) is 5.03. The Morgan fingerprint density at radius 1 is 1.19 bits per heavy atom. The lowest BCUT2D eigenvalue weighted by atomic mass is 10.2. The number of halogens is 3. The van der Waals surface area contributed by atoms with E-state index in [0.29, 0.717) is 19.3 Å². The Balaban J connectivity index is 2.69. The lowest BCUT2D eigenvalue weighted by molar-refractivity contribution is 0.141. The summed E-state index contributed by atoms with van der Waals surface area (Å²) in [4.78, 5) is 0. The predicted octanol–water partition coefficient (Wildman–Crippen LogP) is 2.94. The van der Waals surface area contributed by atoms with Crippen LogP contribution in [0.1, 0.15) is 13.8 Å². The van der Waals surface area contributed by atoms with Gasteiger partial charge in [0, 0.05) is 24.8 Å². The van der Waals surface area contributed by atoms with Gasteiger partial charge < -0.3 is 10.1 Å². The Bertz CT molecular complexity index is 357. The van der Waals surface area contributed by atoms with Gasteiger partial charge in [-0.1, -0.05) is 0 Å². The van der Waals surface area contributed by atoms with Crippen LogP contribution in [0.3, 0.4) is 0 Å². The molecule has 5 heteroatoms. The summed E-state index contributed by atoms with van der Waals surface area (Å²) >= 11 is 0. The summed E-state index contributed by atoms with van der Waals surface area (Å²) in [5.74, 6) is -3.09. The van der Waals surface area contributed by atoms with Gasteiger partial charge in [0.15, 0.2) is 11.6 Å². The molecule has 1 unspecified atom stereocenters. The summed E-state index contributed by atoms with van der Waals surface area (Å²) < 4.78 is 43.8. The number of anilines is 1. The Labute approximate surface area is 92.4 Å². The molecule has 0 amide bonds. The van der Waals surface area contributed by atoms with Gasteiger partial charge in [-0.05, 0) is 13.8 Å². The van der Waals surface area contributed by atoms with Crippen LogP contribution < -0.4 is 5.32 Å². The third-order valence-corrected chi connectivity index (χ3v) is 1.98. The van der Waals surface area contributed by atoms with Crippen molar-refractivity contribution in [2.75, 3.05) is 18.5 Å². The number of hydrogen-bond donors (Lipinski definition) is 1. The molecule has 0 heterocycles. The van der Waals surface area contributed by atoms with E-state index in [0.717, 1.165) is 6.07 Å². The van der Waals surface area contributed by atoms with E-state index >= 15 is 0 Å². The molecule has 0 bridgehead atoms. The lowest BCUT2D eigenvalue weighted by Crippen LogP contribution is -2.22. The highest BCUT2D eigenvalue weighted by atomic mass is 19.2. The Morgan fingerprint density at radius 3 is 2.44 bits per heavy atom. The Morgan fingerprint density at radius 2 is 1.81 bits per heavy atom. The zero-order valence-corrected chi connectivity index (χ0v) is 9.19. The molecule has 1 aromatic carbocycles. The van der Waals surface area contributed by atoms with Crippen molar-refractivity contribution in [2.24, 2.45) is 0 Å². The molecular weight excluding hydrogens is 219 g/mol. The van der Waals surface area contributed by atoms with Gasteiger partial charge in [0.25, 0.3) is 0 Å². The van der Waals surface area contributed by atoms with Gasteiger partial charge >= 0.3 is 0 Å². The molecule has 0 fully saturated rings. The lowest BCUT2D eigenvalue weighted by Gasteiger charge is -2.15. The van der Waals surface area contributed by atoms with E-state index < -0.39 is 17.5 Å². The molecule has 0 aromatic heterocycles. The second-order valence-corrected chi connectivity index (χ2v) is 3.45. The van der Waals surface area contributed by atoms with Gasteiger partial charge in [0.05, 0.1) is 12.3 Å². The molecule has 0 aliphatic rings. The number of hydrogen-bond acceptors (Lipinski definition) is 2. The average Bonchev–Trinajstić information content (AvgIpc) is 2.23. The fourth-order valence-electron chi connectivity index (χ4n) is 1.23. The van der Waals surface area contributed by atoms with Crippen molar-refractivity contribution in [1.29, 1.82) is 0 Å². The molecule has 0 radical (unpaired) electrons. The first-order valence-corrected chi connectivity index (χ1v) is 5.03. The highest BCUT2D eigenvalue weighted by molar-refractivity contribution is 5.46. The second kappa shape index (κ2) is 5.75. The summed E-state index contributed by atoms with van der Waals surface area (Å²) in [5, 5.41) is 2.71. The van der Waals surface area contributed by atoms with E-state index in [9.17, 15) is 13.2 Å². The molecule has 1 N–H and O–H groups in total. The van der Waals surface area contributed by atoms with Gasteiger partial charge in [-0.2, -0.15) is 0 Å². The molecule has 90 valence electrons. The molecule has 1 rings (SSSR count). The molecular formula is C11H14F3NO. The van der Waals surface area contributed by atoms with Crippen LogP contribution in [0.2, 0.25) is 0 Å². The van der Waals surface area contributed by atoms with Crippen LogP contribution in [0.15, 0.2) is 12.1 Å². The molecule has 1 aromatic rings. The number of ether oxygens (including phenoxy) is 1. The molecule has 0 aliphatic carbocycles. The molecule has 2 nitrogen and oxygen atoms in total. The summed E-state index contributed by atoms with van der Waals surface area (Å²) in [6.45, 7) is 4.52. The predicted molar refractivity (Wildman–Crippen MR) is 55.9 cm³/mol. The summed E-state index contributed by atoms with van der Waals surface area (Å²) in [7, 11) is 0. The Kier molecular flexibility index (Phi) is 4.61. The van der Waals surface area contributed by atoms with Gasteiger partial charge in [-0.15, -0.1) is 0 Å². The van der Waals surface area contributed by atoms with Crippen LogP contribution in [0.25, 0.3) is 0 Å². The van der Waals surface area contributed by atoms with Crippen LogP contribution in [-0.2, 0) is 4.74 Å². The van der Waals surface area contributed by atoms with Crippen molar-refractivity contribution in [3.05, 3.63) is 29.6 Å². The largest absolute Gasteiger partial charge is 0.380 e. The van der Waals surface area contributed by atoms with Crippen LogP contribution in [0.5, 0.6) is 0 Å². The van der Waals surface area contributed by atoms with Crippen molar-refractivity contribution < 1.29 is 17.9 Å². The van der Waals surface area contributed by atoms with Gasteiger partial charge in [-0.25, -0.2) is 13.2 Å². The van der Waals surface area contributed by atoms with Crippen LogP contribution in [0, 0.1) is 17.5 Å². The first-order chi connectivity index (χ1) is 7.54. The zero-order chi connectivity index (χ0) is 12.1. The van der Waals surface area contributed by atoms with Crippen LogP contribution >= 0.6 is 0 Å². The van der Waals surface area contributed by atoms with E-state index in [1.807, 2.05) is 6.92 Å². The number of benzene rings is 1. The molecule has 0 aliphatic heterocycles. The minimum atomic E-state index is -1.19. The average molecular weight is 233 g/mol. The van der Waals surface area contributed by atoms with Crippen molar-refractivity contribution in [2.45, 2.75) is 19.9 Å². The fourth-order valence-corrected chi connectivity index (χ4v) is 1.23. The normalized spacial score (nSPS) is 12.6. The highest BCUT2D eigenvalue weighted by Crippen LogP contribution is 2.19. The fraction of sp³-hybridized carbons (Fsp3) is 0.455. The number of nitrogens with one attached hydrogen (secondary N) is 1. The van der Waals surface area contributed by atoms with E-state index in [2.05, 4.69) is 5.32 Å². The monoisotopic (exact) mass is 233 g/mol. The molecule has 1 atom stereocenters. The maximum atomic E-state index is 13.2. The van der Waals surface area contributed by atoms with Gasteiger partial charge in [-0.3, -0.25) is 0 Å². The standard InChI is InChI=1S/C11H14F3NO/c1-3-16-6-7(2)15-11-5-9(13)8(12)4-10(11)14/h4-5,7,15H,3,6H2,1-2H3. The smallest absolute Gasteiger partial charge is 0.161 e. The summed E-state index contributed by atoms with van der Waals surface area (Å²) in [6, 6.07) is 1.14. The SMILES string of the molecule is CCOCC(C)Nc1cc(F)c(F)cc1F. The first kappa shape index (κ1) is 12.8. The van der Waals surface area contributed by atoms with E-state index in [-0.39, 0.29) is 11.7 Å². The topological polar surface area (TPSA) is 21.3 Å². The minimum absolute atomic E-state index is 0.0638. The van der Waals surface area contributed by atoms with E-state index in [1.54, 1.807) is 6.92 Å². The van der Waals surface area contributed by atoms with Crippen molar-refractivity contribution >= 4 is 5.69 Å². The summed E-state index contributed by atoms with van der Waals surface area (Å²) in [6.07, 6.45) is 0. The van der Waals surface area contributed by atoms with Crippen molar-refractivity contribution in [1.82, 2.24) is 0 Å². The van der Waals surface area contributed by atoms with Gasteiger partial charge in [0.2, 0.25) is 0 Å². The number of rotatable bonds is 5. The van der Waals surface area contributed by atoms with Crippen LogP contribution in [-0.4, -0.2) is 19.3 Å². The third-order valence-electron chi connectivity index (χ3n) is 1.98. The van der Waals surface area contributed by atoms with Gasteiger partial charge in [0.1, 0.15) is 5.82 Å².